The number of nitrogens with one attached hydrogen (secondary N) is 1. The number of amides is 2. The van der Waals surface area contributed by atoms with Gasteiger partial charge in [0.1, 0.15) is 19.2 Å². The van der Waals surface area contributed by atoms with Gasteiger partial charge in [-0.3, -0.25) is 4.89 Å². The molecule has 144 valence electrons. The van der Waals surface area contributed by atoms with Crippen LogP contribution in [0.15, 0.2) is 30.3 Å². The van der Waals surface area contributed by atoms with E-state index in [0.717, 1.165) is 18.4 Å². The van der Waals surface area contributed by atoms with Crippen LogP contribution in [0.3, 0.4) is 0 Å². The monoisotopic (exact) mass is 367 g/mol. The molecule has 1 fully saturated rings. The van der Waals surface area contributed by atoms with Gasteiger partial charge in [-0.2, -0.15) is 9.68 Å². The molecule has 0 aromatic heterocycles. The highest BCUT2D eigenvalue weighted by atomic mass is 17.2. The minimum atomic E-state index is -0.810. The third-order valence-corrected chi connectivity index (χ3v) is 4.85. The second-order valence-corrected chi connectivity index (χ2v) is 6.54. The summed E-state index contributed by atoms with van der Waals surface area (Å²) in [6.07, 6.45) is 0.607. The van der Waals surface area contributed by atoms with Gasteiger partial charge in [-0.25, -0.2) is 9.28 Å². The lowest BCUT2D eigenvalue weighted by atomic mass is 10.2. The Kier molecular flexibility index (Phi) is 7.38. The molecule has 0 radical (unpaired) electrons. The molecular weight excluding hydrogens is 340 g/mol. The summed E-state index contributed by atoms with van der Waals surface area (Å²) in [6.45, 7) is 2.62. The maximum absolute atomic E-state index is 12.3. The molecule has 0 aliphatic carbocycles. The number of nitrogens with zero attached hydrogens (tertiary/aromatic N) is 1. The van der Waals surface area contributed by atoms with Gasteiger partial charge in [-0.1, -0.05) is 30.3 Å². The van der Waals surface area contributed by atoms with E-state index >= 15 is 0 Å². The van der Waals surface area contributed by atoms with Gasteiger partial charge < -0.3 is 15.2 Å². The van der Waals surface area contributed by atoms with Crippen LogP contribution >= 0.6 is 0 Å². The number of aliphatic hydroxyl groups excluding tert-OH is 1. The van der Waals surface area contributed by atoms with Crippen LogP contribution in [-0.4, -0.2) is 60.7 Å². The molecule has 3 atom stereocenters. The van der Waals surface area contributed by atoms with E-state index in [1.807, 2.05) is 37.3 Å². The van der Waals surface area contributed by atoms with Gasteiger partial charge >= 0.3 is 12.2 Å². The van der Waals surface area contributed by atoms with Gasteiger partial charge in [-0.15, -0.1) is 0 Å². The fourth-order valence-electron chi connectivity index (χ4n) is 3.39. The fourth-order valence-corrected chi connectivity index (χ4v) is 3.39. The van der Waals surface area contributed by atoms with Crippen molar-refractivity contribution < 1.29 is 33.7 Å². The van der Waals surface area contributed by atoms with Crippen LogP contribution in [0.4, 0.5) is 9.59 Å². The van der Waals surface area contributed by atoms with Gasteiger partial charge in [0.05, 0.1) is 26.3 Å². The molecule has 26 heavy (non-hydrogen) atoms. The molecule has 1 aliphatic heterocycles. The lowest BCUT2D eigenvalue weighted by Crippen LogP contribution is -2.61. The van der Waals surface area contributed by atoms with Gasteiger partial charge in [0.25, 0.3) is 0 Å². The second-order valence-electron chi connectivity index (χ2n) is 6.54. The molecule has 1 heterocycles. The number of carbonyl (C=O) groups is 2. The smallest absolute Gasteiger partial charge is 0.423 e. The Labute approximate surface area is 153 Å². The Hall–Kier alpha value is -2.16. The van der Waals surface area contributed by atoms with E-state index in [9.17, 15) is 14.7 Å². The summed E-state index contributed by atoms with van der Waals surface area (Å²) in [7, 11) is 1.35. The van der Waals surface area contributed by atoms with Crippen molar-refractivity contribution in [3.63, 3.8) is 0 Å². The van der Waals surface area contributed by atoms with Crippen LogP contribution in [0.1, 0.15) is 25.3 Å². The summed E-state index contributed by atoms with van der Waals surface area (Å²) in [5.74, 6) is 0. The highest BCUT2D eigenvalue weighted by Gasteiger charge is 2.48. The maximum Gasteiger partial charge on any atom is 0.516 e. The summed E-state index contributed by atoms with van der Waals surface area (Å²) in [5, 5.41) is 12.2. The first-order valence-corrected chi connectivity index (χ1v) is 8.72. The first-order valence-electron chi connectivity index (χ1n) is 8.72. The van der Waals surface area contributed by atoms with Gasteiger partial charge in [-0.05, 0) is 12.5 Å². The van der Waals surface area contributed by atoms with Gasteiger partial charge in [0, 0.05) is 12.8 Å². The molecule has 1 unspecified atom stereocenters. The Balaban J connectivity index is 1.87. The zero-order chi connectivity index (χ0) is 19.0. The quantitative estimate of drug-likeness (QED) is 0.435. The minimum Gasteiger partial charge on any atom is -0.423 e. The van der Waals surface area contributed by atoms with Crippen molar-refractivity contribution in [1.82, 2.24) is 5.32 Å². The predicted octanol–water partition coefficient (Wildman–Crippen LogP) is 1.97. The minimum absolute atomic E-state index is 0.0589. The first-order chi connectivity index (χ1) is 12.5. The largest absolute Gasteiger partial charge is 0.516 e. The standard InChI is InChI=1S/C18H26N2O6/c1-14-7-6-10-20(14,18(23)24-2)11-16(12-21)19-17(22)26-25-13-15-8-4-3-5-9-15/h3-5,8-9,14,16,21H,6-7,10-13H2,1-2H3/p+1/t14-,16+,20?/m1/s1. The molecule has 1 aromatic carbocycles. The van der Waals surface area contributed by atoms with Crippen LogP contribution < -0.4 is 5.32 Å². The first kappa shape index (κ1) is 20.2. The summed E-state index contributed by atoms with van der Waals surface area (Å²) < 4.78 is 5.03. The van der Waals surface area contributed by atoms with E-state index in [-0.39, 0.29) is 36.4 Å². The van der Waals surface area contributed by atoms with Crippen molar-refractivity contribution in [2.75, 3.05) is 26.8 Å². The molecule has 0 spiro atoms. The highest BCUT2D eigenvalue weighted by Crippen LogP contribution is 2.28. The molecule has 0 saturated carbocycles. The van der Waals surface area contributed by atoms with Crippen molar-refractivity contribution in [2.24, 2.45) is 0 Å². The Morgan fingerprint density at radius 3 is 2.65 bits per heavy atom. The summed E-state index contributed by atoms with van der Waals surface area (Å²) in [6, 6.07) is 8.68. The molecule has 1 saturated heterocycles. The highest BCUT2D eigenvalue weighted by molar-refractivity contribution is 5.67. The number of rotatable bonds is 7. The number of methoxy groups -OCH3 is 1. The second kappa shape index (κ2) is 9.51. The summed E-state index contributed by atoms with van der Waals surface area (Å²) in [4.78, 5) is 33.8. The molecular formula is C18H27N2O6+. The van der Waals surface area contributed by atoms with Crippen LogP contribution in [-0.2, 0) is 21.1 Å². The van der Waals surface area contributed by atoms with E-state index in [1.54, 1.807) is 0 Å². The van der Waals surface area contributed by atoms with Crippen molar-refractivity contribution in [3.05, 3.63) is 35.9 Å². The Bertz CT molecular complexity index is 597. The number of likely N-dealkylation sites (tertiary alicyclic amines) is 1. The van der Waals surface area contributed by atoms with Gasteiger partial charge in [0.15, 0.2) is 0 Å². The number of aliphatic hydroxyl groups is 1. The van der Waals surface area contributed by atoms with Crippen LogP contribution in [0.5, 0.6) is 0 Å². The summed E-state index contributed by atoms with van der Waals surface area (Å²) in [5.41, 5.74) is 0.861. The lowest BCUT2D eigenvalue weighted by Gasteiger charge is -2.36. The average Bonchev–Trinajstić information content (AvgIpc) is 3.02. The van der Waals surface area contributed by atoms with Crippen molar-refractivity contribution in [2.45, 2.75) is 38.5 Å². The number of benzene rings is 1. The number of quaternary nitrogens is 1. The zero-order valence-corrected chi connectivity index (χ0v) is 15.2. The number of hydrogen-bond acceptors (Lipinski definition) is 6. The Morgan fingerprint density at radius 2 is 2.08 bits per heavy atom. The zero-order valence-electron chi connectivity index (χ0n) is 15.2. The topological polar surface area (TPSA) is 94.1 Å². The van der Waals surface area contributed by atoms with E-state index in [4.69, 9.17) is 14.5 Å². The third kappa shape index (κ3) is 4.94. The van der Waals surface area contributed by atoms with E-state index in [2.05, 4.69) is 5.32 Å². The van der Waals surface area contributed by atoms with E-state index in [1.165, 1.54) is 7.11 Å². The molecule has 2 amide bonds. The van der Waals surface area contributed by atoms with Crippen LogP contribution in [0.2, 0.25) is 0 Å². The number of hydrogen-bond donors (Lipinski definition) is 2. The molecule has 2 rings (SSSR count). The predicted molar refractivity (Wildman–Crippen MR) is 92.8 cm³/mol. The molecule has 1 aromatic rings. The van der Waals surface area contributed by atoms with Crippen molar-refractivity contribution in [1.29, 1.82) is 0 Å². The fraction of sp³-hybridized carbons (Fsp3) is 0.556. The number of ether oxygens (including phenoxy) is 1. The molecule has 0 bridgehead atoms. The molecule has 8 nitrogen and oxygen atoms in total. The SMILES string of the molecule is COC(=O)[N+]1(C[C@@H](CO)NC(=O)OOCc2ccccc2)CCC[C@H]1C. The van der Waals surface area contributed by atoms with Crippen LogP contribution in [0.25, 0.3) is 0 Å². The number of carbonyl (C=O) groups excluding carboxylic acids is 2. The normalized spacial score (nSPS) is 23.3. The average molecular weight is 367 g/mol. The van der Waals surface area contributed by atoms with Crippen molar-refractivity contribution in [3.8, 4) is 0 Å². The van der Waals surface area contributed by atoms with Gasteiger partial charge in [0.2, 0.25) is 0 Å². The third-order valence-electron chi connectivity index (χ3n) is 4.85. The Morgan fingerprint density at radius 1 is 1.35 bits per heavy atom. The lowest BCUT2D eigenvalue weighted by molar-refractivity contribution is -0.868. The maximum atomic E-state index is 12.3. The summed E-state index contributed by atoms with van der Waals surface area (Å²) >= 11 is 0. The van der Waals surface area contributed by atoms with Crippen molar-refractivity contribution >= 4 is 12.2 Å². The van der Waals surface area contributed by atoms with E-state index < -0.39 is 12.1 Å². The van der Waals surface area contributed by atoms with E-state index in [0.29, 0.717) is 6.54 Å². The molecule has 1 aliphatic rings. The van der Waals surface area contributed by atoms with Crippen LogP contribution in [0, 0.1) is 0 Å². The molecule has 2 N–H and O–H groups in total. The molecule has 8 heteroatoms.